The van der Waals surface area contributed by atoms with E-state index in [1.54, 1.807) is 7.05 Å². The van der Waals surface area contributed by atoms with E-state index in [9.17, 15) is 9.59 Å². The second kappa shape index (κ2) is 7.89. The summed E-state index contributed by atoms with van der Waals surface area (Å²) in [6.45, 7) is 2.33. The molecule has 0 radical (unpaired) electrons. The number of hydrogen-bond acceptors (Lipinski definition) is 2. The van der Waals surface area contributed by atoms with E-state index in [0.717, 1.165) is 10.0 Å². The highest BCUT2D eigenvalue weighted by Crippen LogP contribution is 2.16. The largest absolute Gasteiger partial charge is 0.481 e. The number of carbonyl (C=O) groups excluding carboxylic acids is 1. The topological polar surface area (TPSA) is 69.6 Å². The molecule has 0 heterocycles. The first-order valence-corrected chi connectivity index (χ1v) is 7.18. The Morgan fingerprint density at radius 3 is 2.50 bits per heavy atom. The number of benzene rings is 1. The monoisotopic (exact) mass is 342 g/mol. The molecule has 0 bridgehead atoms. The first-order valence-electron chi connectivity index (χ1n) is 6.39. The Balaban J connectivity index is 2.44. The molecule has 0 saturated heterocycles. The van der Waals surface area contributed by atoms with Crippen LogP contribution in [0.4, 0.5) is 4.79 Å². The van der Waals surface area contributed by atoms with Gasteiger partial charge >= 0.3 is 12.0 Å². The van der Waals surface area contributed by atoms with Crippen molar-refractivity contribution in [3.63, 3.8) is 0 Å². The number of nitrogens with one attached hydrogen (secondary N) is 1. The number of urea groups is 1. The number of amides is 2. The molecule has 5 nitrogen and oxygen atoms in total. The lowest BCUT2D eigenvalue weighted by atomic mass is 10.1. The van der Waals surface area contributed by atoms with E-state index in [1.165, 1.54) is 4.90 Å². The van der Waals surface area contributed by atoms with Crippen molar-refractivity contribution >= 4 is 27.9 Å². The third kappa shape index (κ3) is 5.61. The van der Waals surface area contributed by atoms with E-state index in [1.807, 2.05) is 31.2 Å². The van der Waals surface area contributed by atoms with E-state index in [-0.39, 0.29) is 18.5 Å². The number of aliphatic carboxylic acids is 1. The van der Waals surface area contributed by atoms with Crippen LogP contribution in [0.25, 0.3) is 0 Å². The number of carboxylic acid groups (broad SMARTS) is 1. The van der Waals surface area contributed by atoms with Gasteiger partial charge in [-0.3, -0.25) is 4.79 Å². The van der Waals surface area contributed by atoms with Gasteiger partial charge in [-0.05, 0) is 31.0 Å². The predicted octanol–water partition coefficient (Wildman–Crippen LogP) is 3.02. The van der Waals surface area contributed by atoms with Crippen molar-refractivity contribution in [2.45, 2.75) is 25.8 Å². The summed E-state index contributed by atoms with van der Waals surface area (Å²) in [7, 11) is 1.66. The van der Waals surface area contributed by atoms with Gasteiger partial charge in [-0.15, -0.1) is 0 Å². The summed E-state index contributed by atoms with van der Waals surface area (Å²) >= 11 is 3.37. The second-order valence-electron chi connectivity index (χ2n) is 4.64. The Morgan fingerprint density at radius 1 is 1.35 bits per heavy atom. The third-order valence-electron chi connectivity index (χ3n) is 2.94. The van der Waals surface area contributed by atoms with Gasteiger partial charge in [-0.2, -0.15) is 0 Å². The Morgan fingerprint density at radius 2 is 1.95 bits per heavy atom. The van der Waals surface area contributed by atoms with Crippen molar-refractivity contribution in [2.24, 2.45) is 0 Å². The van der Waals surface area contributed by atoms with Gasteiger partial charge in [0.25, 0.3) is 0 Å². The minimum absolute atomic E-state index is 0.0693. The van der Waals surface area contributed by atoms with Crippen LogP contribution in [0.15, 0.2) is 28.7 Å². The van der Waals surface area contributed by atoms with Crippen molar-refractivity contribution in [1.82, 2.24) is 10.2 Å². The van der Waals surface area contributed by atoms with Gasteiger partial charge in [0.15, 0.2) is 0 Å². The van der Waals surface area contributed by atoms with Crippen LogP contribution < -0.4 is 5.32 Å². The van der Waals surface area contributed by atoms with Gasteiger partial charge in [-0.1, -0.05) is 28.1 Å². The van der Waals surface area contributed by atoms with E-state index in [4.69, 9.17) is 5.11 Å². The molecule has 1 aromatic rings. The fourth-order valence-electron chi connectivity index (χ4n) is 1.70. The maximum Gasteiger partial charge on any atom is 0.317 e. The molecule has 1 aromatic carbocycles. The van der Waals surface area contributed by atoms with Crippen LogP contribution in [-0.4, -0.2) is 35.6 Å². The highest BCUT2D eigenvalue weighted by atomic mass is 79.9. The zero-order valence-corrected chi connectivity index (χ0v) is 13.2. The van der Waals surface area contributed by atoms with Gasteiger partial charge < -0.3 is 15.3 Å². The van der Waals surface area contributed by atoms with Gasteiger partial charge in [0.2, 0.25) is 0 Å². The molecule has 20 heavy (non-hydrogen) atoms. The number of hydrogen-bond donors (Lipinski definition) is 2. The van der Waals surface area contributed by atoms with Crippen molar-refractivity contribution in [1.29, 1.82) is 0 Å². The SMILES string of the molecule is CC(NC(=O)N(C)CCCC(=O)O)c1ccc(Br)cc1. The normalized spacial score (nSPS) is 11.8. The molecule has 2 N–H and O–H groups in total. The Kier molecular flexibility index (Phi) is 6.51. The van der Waals surface area contributed by atoms with Crippen LogP contribution in [0.2, 0.25) is 0 Å². The summed E-state index contributed by atoms with van der Waals surface area (Å²) in [6.07, 6.45) is 0.520. The summed E-state index contributed by atoms with van der Waals surface area (Å²) in [6, 6.07) is 7.44. The lowest BCUT2D eigenvalue weighted by molar-refractivity contribution is -0.137. The lowest BCUT2D eigenvalue weighted by Gasteiger charge is -2.21. The molecular weight excluding hydrogens is 324 g/mol. The maximum atomic E-state index is 11.9. The van der Waals surface area contributed by atoms with E-state index >= 15 is 0 Å². The van der Waals surface area contributed by atoms with E-state index < -0.39 is 5.97 Å². The van der Waals surface area contributed by atoms with Crippen LogP contribution in [0.1, 0.15) is 31.4 Å². The quantitative estimate of drug-likeness (QED) is 0.834. The van der Waals surface area contributed by atoms with Crippen LogP contribution in [-0.2, 0) is 4.79 Å². The molecule has 1 rings (SSSR count). The molecule has 0 saturated carbocycles. The van der Waals surface area contributed by atoms with Crippen molar-refractivity contribution in [2.75, 3.05) is 13.6 Å². The van der Waals surface area contributed by atoms with Crippen molar-refractivity contribution in [3.05, 3.63) is 34.3 Å². The van der Waals surface area contributed by atoms with Gasteiger partial charge in [0.1, 0.15) is 0 Å². The Bertz CT molecular complexity index is 462. The molecule has 1 unspecified atom stereocenters. The molecule has 110 valence electrons. The minimum atomic E-state index is -0.845. The van der Waals surface area contributed by atoms with E-state index in [2.05, 4.69) is 21.2 Å². The number of rotatable bonds is 6. The number of halogens is 1. The molecule has 0 aliphatic carbocycles. The average Bonchev–Trinajstić information content (AvgIpc) is 2.38. The average molecular weight is 343 g/mol. The Labute approximate surface area is 127 Å². The molecule has 1 atom stereocenters. The zero-order valence-electron chi connectivity index (χ0n) is 11.6. The van der Waals surface area contributed by atoms with Gasteiger partial charge in [-0.25, -0.2) is 4.79 Å². The highest BCUT2D eigenvalue weighted by molar-refractivity contribution is 9.10. The first-order chi connectivity index (χ1) is 9.40. The summed E-state index contributed by atoms with van der Waals surface area (Å²) in [5, 5.41) is 11.4. The summed E-state index contributed by atoms with van der Waals surface area (Å²) in [4.78, 5) is 23.8. The van der Waals surface area contributed by atoms with Gasteiger partial charge in [0.05, 0.1) is 6.04 Å². The summed E-state index contributed by atoms with van der Waals surface area (Å²) < 4.78 is 0.991. The van der Waals surface area contributed by atoms with Crippen molar-refractivity contribution in [3.8, 4) is 0 Å². The number of nitrogens with zero attached hydrogens (tertiary/aromatic N) is 1. The van der Waals surface area contributed by atoms with E-state index in [0.29, 0.717) is 13.0 Å². The summed E-state index contributed by atoms with van der Waals surface area (Å²) in [5.41, 5.74) is 1.01. The third-order valence-corrected chi connectivity index (χ3v) is 3.47. The predicted molar refractivity (Wildman–Crippen MR) is 80.6 cm³/mol. The van der Waals surface area contributed by atoms with Crippen LogP contribution in [0.3, 0.4) is 0 Å². The molecule has 0 aliphatic rings. The molecule has 2 amide bonds. The summed E-state index contributed by atoms with van der Waals surface area (Å²) in [5.74, 6) is -0.845. The first kappa shape index (κ1) is 16.5. The number of carboxylic acids is 1. The zero-order chi connectivity index (χ0) is 15.1. The smallest absolute Gasteiger partial charge is 0.317 e. The van der Waals surface area contributed by atoms with Crippen molar-refractivity contribution < 1.29 is 14.7 Å². The fourth-order valence-corrected chi connectivity index (χ4v) is 1.96. The molecule has 0 aliphatic heterocycles. The second-order valence-corrected chi connectivity index (χ2v) is 5.56. The standard InChI is InChI=1S/C14H19BrN2O3/c1-10(11-5-7-12(15)8-6-11)16-14(20)17(2)9-3-4-13(18)19/h5-8,10H,3-4,9H2,1-2H3,(H,16,20)(H,18,19). The molecular formula is C14H19BrN2O3. The molecule has 0 spiro atoms. The Hall–Kier alpha value is -1.56. The van der Waals surface area contributed by atoms with Gasteiger partial charge in [0, 0.05) is 24.5 Å². The van der Waals surface area contributed by atoms with Crippen LogP contribution >= 0.6 is 15.9 Å². The highest BCUT2D eigenvalue weighted by Gasteiger charge is 2.13. The fraction of sp³-hybridized carbons (Fsp3) is 0.429. The molecule has 0 fully saturated rings. The lowest BCUT2D eigenvalue weighted by Crippen LogP contribution is -2.39. The number of carbonyl (C=O) groups is 2. The van der Waals surface area contributed by atoms with Crippen LogP contribution in [0, 0.1) is 0 Å². The molecule has 0 aromatic heterocycles. The van der Waals surface area contributed by atoms with Crippen LogP contribution in [0.5, 0.6) is 0 Å². The minimum Gasteiger partial charge on any atom is -0.481 e. The maximum absolute atomic E-state index is 11.9. The molecule has 6 heteroatoms.